The van der Waals surface area contributed by atoms with Crippen molar-refractivity contribution in [3.8, 4) is 5.75 Å². The Labute approximate surface area is 90.2 Å². The van der Waals surface area contributed by atoms with Crippen LogP contribution < -0.4 is 10.1 Å². The van der Waals surface area contributed by atoms with E-state index in [9.17, 15) is 0 Å². The van der Waals surface area contributed by atoms with Gasteiger partial charge in [-0.05, 0) is 24.1 Å². The number of nitrogens with one attached hydrogen (secondary N) is 1. The van der Waals surface area contributed by atoms with Gasteiger partial charge in [-0.15, -0.1) is 0 Å². The third kappa shape index (κ3) is 3.11. The van der Waals surface area contributed by atoms with E-state index in [2.05, 4.69) is 19.2 Å². The van der Waals surface area contributed by atoms with E-state index < -0.39 is 0 Å². The summed E-state index contributed by atoms with van der Waals surface area (Å²) in [6, 6.07) is 5.69. The predicted molar refractivity (Wildman–Crippen MR) is 61.3 cm³/mol. The summed E-state index contributed by atoms with van der Waals surface area (Å²) in [5.41, 5.74) is 0.992. The highest BCUT2D eigenvalue weighted by Crippen LogP contribution is 2.27. The molecule has 1 aromatic rings. The van der Waals surface area contributed by atoms with Gasteiger partial charge in [-0.3, -0.25) is 0 Å². The molecule has 0 aliphatic rings. The molecule has 2 nitrogen and oxygen atoms in total. The van der Waals surface area contributed by atoms with Gasteiger partial charge in [-0.2, -0.15) is 0 Å². The first-order valence-electron chi connectivity index (χ1n) is 4.73. The SMILES string of the molecule is CNc1ccc(OCC(C)C)c(Cl)c1. The number of benzene rings is 1. The van der Waals surface area contributed by atoms with Crippen molar-refractivity contribution in [3.05, 3.63) is 23.2 Å². The summed E-state index contributed by atoms with van der Waals surface area (Å²) < 4.78 is 5.54. The molecule has 0 bridgehead atoms. The fraction of sp³-hybridized carbons (Fsp3) is 0.455. The standard InChI is InChI=1S/C11H16ClNO/c1-8(2)7-14-11-5-4-9(13-3)6-10(11)12/h4-6,8,13H,7H2,1-3H3. The number of hydrogen-bond acceptors (Lipinski definition) is 2. The van der Waals surface area contributed by atoms with Crippen LogP contribution >= 0.6 is 11.6 Å². The Hall–Kier alpha value is -0.890. The van der Waals surface area contributed by atoms with E-state index in [4.69, 9.17) is 16.3 Å². The number of halogens is 1. The van der Waals surface area contributed by atoms with Gasteiger partial charge in [-0.1, -0.05) is 25.4 Å². The van der Waals surface area contributed by atoms with Crippen LogP contribution in [0.5, 0.6) is 5.75 Å². The minimum Gasteiger partial charge on any atom is -0.492 e. The van der Waals surface area contributed by atoms with Crippen molar-refractivity contribution < 1.29 is 4.74 Å². The quantitative estimate of drug-likeness (QED) is 0.828. The van der Waals surface area contributed by atoms with Crippen molar-refractivity contribution in [3.63, 3.8) is 0 Å². The monoisotopic (exact) mass is 213 g/mol. The zero-order valence-corrected chi connectivity index (χ0v) is 9.56. The largest absolute Gasteiger partial charge is 0.492 e. The molecule has 0 aromatic heterocycles. The minimum absolute atomic E-state index is 0.509. The van der Waals surface area contributed by atoms with Crippen molar-refractivity contribution in [1.29, 1.82) is 0 Å². The van der Waals surface area contributed by atoms with Crippen LogP contribution in [-0.4, -0.2) is 13.7 Å². The Morgan fingerprint density at radius 3 is 2.64 bits per heavy atom. The van der Waals surface area contributed by atoms with Crippen LogP contribution in [0.25, 0.3) is 0 Å². The van der Waals surface area contributed by atoms with E-state index in [1.165, 1.54) is 0 Å². The van der Waals surface area contributed by atoms with Gasteiger partial charge in [0.2, 0.25) is 0 Å². The van der Waals surface area contributed by atoms with E-state index >= 15 is 0 Å². The first kappa shape index (κ1) is 11.2. The lowest BCUT2D eigenvalue weighted by Crippen LogP contribution is -2.04. The molecule has 1 rings (SSSR count). The van der Waals surface area contributed by atoms with Crippen molar-refractivity contribution in [2.24, 2.45) is 5.92 Å². The average Bonchev–Trinajstić information content (AvgIpc) is 2.15. The summed E-state index contributed by atoms with van der Waals surface area (Å²) >= 11 is 6.03. The third-order valence-electron chi connectivity index (χ3n) is 1.79. The molecule has 3 heteroatoms. The van der Waals surface area contributed by atoms with Gasteiger partial charge in [0.15, 0.2) is 0 Å². The number of hydrogen-bond donors (Lipinski definition) is 1. The average molecular weight is 214 g/mol. The van der Waals surface area contributed by atoms with E-state index in [1.54, 1.807) is 0 Å². The molecular formula is C11H16ClNO. The maximum atomic E-state index is 6.03. The minimum atomic E-state index is 0.509. The summed E-state index contributed by atoms with van der Waals surface area (Å²) in [6.07, 6.45) is 0. The normalized spacial score (nSPS) is 10.4. The van der Waals surface area contributed by atoms with Crippen molar-refractivity contribution >= 4 is 17.3 Å². The molecule has 0 saturated heterocycles. The molecule has 0 aliphatic heterocycles. The van der Waals surface area contributed by atoms with Crippen LogP contribution in [0.4, 0.5) is 5.69 Å². The Morgan fingerprint density at radius 1 is 1.43 bits per heavy atom. The lowest BCUT2D eigenvalue weighted by Gasteiger charge is -2.11. The van der Waals surface area contributed by atoms with E-state index in [1.807, 2.05) is 25.2 Å². The summed E-state index contributed by atoms with van der Waals surface area (Å²) in [7, 11) is 1.86. The van der Waals surface area contributed by atoms with Gasteiger partial charge in [0.1, 0.15) is 5.75 Å². The highest BCUT2D eigenvalue weighted by molar-refractivity contribution is 6.32. The molecule has 1 N–H and O–H groups in total. The summed E-state index contributed by atoms with van der Waals surface area (Å²) in [6.45, 7) is 4.91. The van der Waals surface area contributed by atoms with Gasteiger partial charge in [0.05, 0.1) is 11.6 Å². The molecule has 0 saturated carbocycles. The van der Waals surface area contributed by atoms with Crippen LogP contribution in [0.1, 0.15) is 13.8 Å². The third-order valence-corrected chi connectivity index (χ3v) is 2.09. The zero-order valence-electron chi connectivity index (χ0n) is 8.80. The van der Waals surface area contributed by atoms with Crippen LogP contribution in [0.15, 0.2) is 18.2 Å². The topological polar surface area (TPSA) is 21.3 Å². The van der Waals surface area contributed by atoms with Crippen LogP contribution in [0.2, 0.25) is 5.02 Å². The molecule has 1 aromatic carbocycles. The predicted octanol–water partition coefficient (Wildman–Crippen LogP) is 3.42. The molecule has 78 valence electrons. The van der Waals surface area contributed by atoms with Gasteiger partial charge in [0, 0.05) is 12.7 Å². The number of rotatable bonds is 4. The highest BCUT2D eigenvalue weighted by Gasteiger charge is 2.03. The Balaban J connectivity index is 2.69. The molecule has 0 spiro atoms. The lowest BCUT2D eigenvalue weighted by molar-refractivity contribution is 0.271. The smallest absolute Gasteiger partial charge is 0.138 e. The summed E-state index contributed by atoms with van der Waals surface area (Å²) in [5, 5.41) is 3.67. The van der Waals surface area contributed by atoms with Gasteiger partial charge >= 0.3 is 0 Å². The zero-order chi connectivity index (χ0) is 10.6. The molecule has 0 heterocycles. The second-order valence-corrected chi connectivity index (χ2v) is 4.01. The molecule has 0 fully saturated rings. The fourth-order valence-corrected chi connectivity index (χ4v) is 1.26. The van der Waals surface area contributed by atoms with E-state index in [0.29, 0.717) is 17.5 Å². The Bertz CT molecular complexity index is 299. The molecule has 0 atom stereocenters. The number of ether oxygens (including phenoxy) is 1. The Morgan fingerprint density at radius 2 is 2.14 bits per heavy atom. The summed E-state index contributed by atoms with van der Waals surface area (Å²) in [4.78, 5) is 0. The van der Waals surface area contributed by atoms with Crippen molar-refractivity contribution in [2.45, 2.75) is 13.8 Å². The van der Waals surface area contributed by atoms with Crippen LogP contribution in [-0.2, 0) is 0 Å². The van der Waals surface area contributed by atoms with Gasteiger partial charge in [0.25, 0.3) is 0 Å². The van der Waals surface area contributed by atoms with Gasteiger partial charge < -0.3 is 10.1 Å². The van der Waals surface area contributed by atoms with Crippen molar-refractivity contribution in [2.75, 3.05) is 19.0 Å². The molecule has 0 radical (unpaired) electrons. The first-order valence-corrected chi connectivity index (χ1v) is 5.11. The second-order valence-electron chi connectivity index (χ2n) is 3.60. The molecule has 0 aliphatic carbocycles. The molecule has 14 heavy (non-hydrogen) atoms. The summed E-state index contributed by atoms with van der Waals surface area (Å²) in [5.74, 6) is 1.26. The number of anilines is 1. The second kappa shape index (κ2) is 5.11. The van der Waals surface area contributed by atoms with E-state index in [0.717, 1.165) is 11.4 Å². The van der Waals surface area contributed by atoms with Crippen molar-refractivity contribution in [1.82, 2.24) is 0 Å². The molecular weight excluding hydrogens is 198 g/mol. The fourth-order valence-electron chi connectivity index (χ4n) is 1.03. The lowest BCUT2D eigenvalue weighted by atomic mass is 10.2. The molecule has 0 unspecified atom stereocenters. The Kier molecular flexibility index (Phi) is 4.08. The van der Waals surface area contributed by atoms with Crippen LogP contribution in [0, 0.1) is 5.92 Å². The van der Waals surface area contributed by atoms with E-state index in [-0.39, 0.29) is 0 Å². The van der Waals surface area contributed by atoms with Crippen LogP contribution in [0.3, 0.4) is 0 Å². The first-order chi connectivity index (χ1) is 6.63. The highest BCUT2D eigenvalue weighted by atomic mass is 35.5. The molecule has 0 amide bonds. The van der Waals surface area contributed by atoms with Gasteiger partial charge in [-0.25, -0.2) is 0 Å². The maximum Gasteiger partial charge on any atom is 0.138 e. The maximum absolute atomic E-state index is 6.03.